The Balaban J connectivity index is 2.17. The minimum Gasteiger partial charge on any atom is -0.478 e. The van der Waals surface area contributed by atoms with Crippen LogP contribution in [0, 0.1) is 6.92 Å². The Morgan fingerprint density at radius 3 is 2.50 bits per heavy atom. The number of rotatable bonds is 9. The highest BCUT2D eigenvalue weighted by Gasteiger charge is 2.00. The summed E-state index contributed by atoms with van der Waals surface area (Å²) in [5.41, 5.74) is 7.65. The van der Waals surface area contributed by atoms with Crippen LogP contribution < -0.4 is 10.5 Å². The highest BCUT2D eigenvalue weighted by molar-refractivity contribution is 5.24. The molecule has 0 amide bonds. The average Bonchev–Trinajstić information content (AvgIpc) is 2.38. The van der Waals surface area contributed by atoms with Crippen LogP contribution in [0.5, 0.6) is 5.88 Å². The molecule has 0 aromatic carbocycles. The van der Waals surface area contributed by atoms with Crippen molar-refractivity contribution in [1.82, 2.24) is 4.98 Å². The van der Waals surface area contributed by atoms with Gasteiger partial charge in [-0.2, -0.15) is 0 Å². The molecule has 1 aromatic rings. The average molecular weight is 250 g/mol. The molecule has 0 bridgehead atoms. The Kier molecular flexibility index (Phi) is 7.42. The molecule has 0 aliphatic rings. The van der Waals surface area contributed by atoms with Crippen LogP contribution >= 0.6 is 0 Å². The fourth-order valence-electron chi connectivity index (χ4n) is 1.92. The van der Waals surface area contributed by atoms with Crippen molar-refractivity contribution in [2.24, 2.45) is 5.73 Å². The third-order valence-corrected chi connectivity index (χ3v) is 3.14. The van der Waals surface area contributed by atoms with E-state index in [9.17, 15) is 0 Å². The molecule has 1 aromatic heterocycles. The molecule has 0 spiro atoms. The Morgan fingerprint density at radius 2 is 1.83 bits per heavy atom. The summed E-state index contributed by atoms with van der Waals surface area (Å²) >= 11 is 0. The minimum atomic E-state index is 0.538. The Bertz CT molecular complexity index is 339. The molecule has 0 radical (unpaired) electrons. The van der Waals surface area contributed by atoms with E-state index in [1.54, 1.807) is 0 Å². The monoisotopic (exact) mass is 250 g/mol. The highest BCUT2D eigenvalue weighted by atomic mass is 16.5. The van der Waals surface area contributed by atoms with Gasteiger partial charge in [0.15, 0.2) is 0 Å². The molecule has 0 unspecified atom stereocenters. The van der Waals surface area contributed by atoms with Crippen molar-refractivity contribution in [3.05, 3.63) is 23.4 Å². The summed E-state index contributed by atoms with van der Waals surface area (Å²) in [6.07, 6.45) is 7.67. The van der Waals surface area contributed by atoms with Gasteiger partial charge in [0, 0.05) is 18.3 Å². The first kappa shape index (κ1) is 15.0. The van der Waals surface area contributed by atoms with Gasteiger partial charge in [0.1, 0.15) is 0 Å². The largest absolute Gasteiger partial charge is 0.478 e. The van der Waals surface area contributed by atoms with Crippen molar-refractivity contribution >= 4 is 0 Å². The van der Waals surface area contributed by atoms with Crippen LogP contribution in [0.1, 0.15) is 56.7 Å². The molecule has 1 rings (SSSR count). The first-order valence-electron chi connectivity index (χ1n) is 7.07. The summed E-state index contributed by atoms with van der Waals surface area (Å²) in [4.78, 5) is 4.39. The van der Waals surface area contributed by atoms with Crippen molar-refractivity contribution < 1.29 is 4.74 Å². The van der Waals surface area contributed by atoms with Crippen LogP contribution in [0.4, 0.5) is 0 Å². The molecule has 0 saturated carbocycles. The van der Waals surface area contributed by atoms with Gasteiger partial charge in [0.25, 0.3) is 0 Å². The van der Waals surface area contributed by atoms with Gasteiger partial charge in [-0.25, -0.2) is 4.98 Å². The van der Waals surface area contributed by atoms with Crippen molar-refractivity contribution in [2.75, 3.05) is 6.61 Å². The van der Waals surface area contributed by atoms with Gasteiger partial charge >= 0.3 is 0 Å². The molecule has 0 atom stereocenters. The lowest BCUT2D eigenvalue weighted by Crippen LogP contribution is -2.04. The van der Waals surface area contributed by atoms with E-state index < -0.39 is 0 Å². The summed E-state index contributed by atoms with van der Waals surface area (Å²) < 4.78 is 5.64. The highest BCUT2D eigenvalue weighted by Crippen LogP contribution is 2.13. The molecule has 3 heteroatoms. The molecule has 0 saturated heterocycles. The quantitative estimate of drug-likeness (QED) is 0.681. The smallest absolute Gasteiger partial charge is 0.213 e. The Morgan fingerprint density at radius 1 is 1.11 bits per heavy atom. The molecule has 0 aliphatic heterocycles. The molecule has 0 aliphatic carbocycles. The predicted octanol–water partition coefficient (Wildman–Crippen LogP) is 3.59. The predicted molar refractivity (Wildman–Crippen MR) is 75.7 cm³/mol. The number of aromatic nitrogens is 1. The summed E-state index contributed by atoms with van der Waals surface area (Å²) in [5, 5.41) is 0. The fraction of sp³-hybridized carbons (Fsp3) is 0.667. The van der Waals surface area contributed by atoms with Crippen LogP contribution in [0.25, 0.3) is 0 Å². The third kappa shape index (κ3) is 5.50. The lowest BCUT2D eigenvalue weighted by molar-refractivity contribution is 0.292. The zero-order valence-corrected chi connectivity index (χ0v) is 11.7. The van der Waals surface area contributed by atoms with E-state index in [1.165, 1.54) is 32.1 Å². The summed E-state index contributed by atoms with van der Waals surface area (Å²) in [5.74, 6) is 0.721. The van der Waals surface area contributed by atoms with E-state index in [0.29, 0.717) is 6.54 Å². The van der Waals surface area contributed by atoms with Gasteiger partial charge in [0.05, 0.1) is 6.61 Å². The second kappa shape index (κ2) is 8.92. The topological polar surface area (TPSA) is 48.1 Å². The molecule has 2 N–H and O–H groups in total. The van der Waals surface area contributed by atoms with Crippen LogP contribution in [0.2, 0.25) is 0 Å². The van der Waals surface area contributed by atoms with Crippen molar-refractivity contribution in [1.29, 1.82) is 0 Å². The molecular weight excluding hydrogens is 224 g/mol. The van der Waals surface area contributed by atoms with Gasteiger partial charge < -0.3 is 10.5 Å². The van der Waals surface area contributed by atoms with E-state index in [2.05, 4.69) is 11.9 Å². The number of nitrogens with zero attached hydrogens (tertiary/aromatic N) is 1. The zero-order valence-electron chi connectivity index (χ0n) is 11.7. The van der Waals surface area contributed by atoms with E-state index >= 15 is 0 Å². The molecule has 0 fully saturated rings. The molecule has 1 heterocycles. The summed E-state index contributed by atoms with van der Waals surface area (Å²) in [6, 6.07) is 3.91. The van der Waals surface area contributed by atoms with Crippen molar-refractivity contribution in [3.63, 3.8) is 0 Å². The van der Waals surface area contributed by atoms with E-state index in [1.807, 2.05) is 19.1 Å². The second-order valence-corrected chi connectivity index (χ2v) is 4.71. The normalized spacial score (nSPS) is 10.6. The van der Waals surface area contributed by atoms with E-state index in [0.717, 1.165) is 30.2 Å². The van der Waals surface area contributed by atoms with E-state index in [-0.39, 0.29) is 0 Å². The first-order chi connectivity index (χ1) is 8.77. The van der Waals surface area contributed by atoms with Gasteiger partial charge in [-0.15, -0.1) is 0 Å². The lowest BCUT2D eigenvalue weighted by Gasteiger charge is -2.08. The first-order valence-corrected chi connectivity index (χ1v) is 7.07. The summed E-state index contributed by atoms with van der Waals surface area (Å²) in [7, 11) is 0. The Labute approximate surface area is 111 Å². The van der Waals surface area contributed by atoms with Crippen LogP contribution in [-0.2, 0) is 6.54 Å². The van der Waals surface area contributed by atoms with Crippen LogP contribution in [-0.4, -0.2) is 11.6 Å². The number of nitrogens with two attached hydrogens (primary N) is 1. The van der Waals surface area contributed by atoms with Crippen LogP contribution in [0.3, 0.4) is 0 Å². The van der Waals surface area contributed by atoms with Crippen LogP contribution in [0.15, 0.2) is 12.1 Å². The van der Waals surface area contributed by atoms with E-state index in [4.69, 9.17) is 10.5 Å². The SMILES string of the molecule is CCCCCCCCOc1ccc(CN)c(C)n1. The maximum absolute atomic E-state index is 5.64. The molecule has 18 heavy (non-hydrogen) atoms. The Hall–Kier alpha value is -1.09. The van der Waals surface area contributed by atoms with Gasteiger partial charge in [-0.05, 0) is 18.9 Å². The fourth-order valence-corrected chi connectivity index (χ4v) is 1.92. The number of aryl methyl sites for hydroxylation is 1. The van der Waals surface area contributed by atoms with Gasteiger partial charge in [0.2, 0.25) is 5.88 Å². The van der Waals surface area contributed by atoms with Crippen molar-refractivity contribution in [3.8, 4) is 5.88 Å². The number of hydrogen-bond donors (Lipinski definition) is 1. The minimum absolute atomic E-state index is 0.538. The van der Waals surface area contributed by atoms with Gasteiger partial charge in [-0.1, -0.05) is 45.1 Å². The maximum Gasteiger partial charge on any atom is 0.213 e. The number of unbranched alkanes of at least 4 members (excludes halogenated alkanes) is 5. The second-order valence-electron chi connectivity index (χ2n) is 4.71. The number of ether oxygens (including phenoxy) is 1. The molecular formula is C15H26N2O. The third-order valence-electron chi connectivity index (χ3n) is 3.14. The number of hydrogen-bond acceptors (Lipinski definition) is 3. The maximum atomic E-state index is 5.64. The molecule has 102 valence electrons. The zero-order chi connectivity index (χ0) is 13.2. The van der Waals surface area contributed by atoms with Gasteiger partial charge in [-0.3, -0.25) is 0 Å². The lowest BCUT2D eigenvalue weighted by atomic mass is 10.1. The molecule has 3 nitrogen and oxygen atoms in total. The standard InChI is InChI=1S/C15H26N2O/c1-3-4-5-6-7-8-11-18-15-10-9-14(12-16)13(2)17-15/h9-10H,3-8,11-12,16H2,1-2H3. The number of pyridine rings is 1. The van der Waals surface area contributed by atoms with Crippen molar-refractivity contribution in [2.45, 2.75) is 58.9 Å². The summed E-state index contributed by atoms with van der Waals surface area (Å²) in [6.45, 7) is 5.51.